The fourth-order valence-electron chi connectivity index (χ4n) is 0.858. The molecule has 0 bridgehead atoms. The van der Waals surface area contributed by atoms with Crippen molar-refractivity contribution in [2.75, 3.05) is 4.43 Å². The first-order valence-electron chi connectivity index (χ1n) is 3.23. The largest absolute Gasteiger partial charge is 0.106 e. The highest BCUT2D eigenvalue weighted by Gasteiger charge is 1.89. The summed E-state index contributed by atoms with van der Waals surface area (Å²) in [5, 5.41) is 1.28. The lowest BCUT2D eigenvalue weighted by Crippen LogP contribution is -1.93. The Bertz CT molecular complexity index is 210. The van der Waals surface area contributed by atoms with Crippen molar-refractivity contribution in [3.63, 3.8) is 0 Å². The number of rotatable bonds is 2. The van der Waals surface area contributed by atoms with Crippen LogP contribution >= 0.6 is 31.8 Å². The maximum Gasteiger partial charge on any atom is 0.00358 e. The van der Waals surface area contributed by atoms with Crippen molar-refractivity contribution in [1.29, 1.82) is 0 Å². The van der Waals surface area contributed by atoms with Gasteiger partial charge in [-0.1, -0.05) is 46.9 Å². The molecule has 1 aromatic carbocycles. The van der Waals surface area contributed by atoms with E-state index in [0.717, 1.165) is 0 Å². The van der Waals surface area contributed by atoms with E-state index in [4.69, 9.17) is 0 Å². The lowest BCUT2D eigenvalue weighted by Gasteiger charge is -1.97. The molecule has 0 amide bonds. The molecule has 0 spiro atoms. The molecule has 1 unspecified atom stereocenters. The molecule has 1 atom stereocenters. The predicted molar refractivity (Wildman–Crippen MR) is 58.4 cm³/mol. The highest BCUT2D eigenvalue weighted by Crippen LogP contribution is 2.01. The average Bonchev–Trinajstić information content (AvgIpc) is 1.88. The van der Waals surface area contributed by atoms with Gasteiger partial charge in [-0.2, -0.15) is 0 Å². The van der Waals surface area contributed by atoms with Crippen LogP contribution in [0.3, 0.4) is 0 Å². The normalized spacial score (nSPS) is 9.80. The Labute approximate surface area is 77.8 Å². The molecule has 10 heavy (non-hydrogen) atoms. The third-order valence-corrected chi connectivity index (χ3v) is 2.23. The van der Waals surface area contributed by atoms with Crippen LogP contribution in [0, 0.1) is 0 Å². The van der Waals surface area contributed by atoms with E-state index in [1.165, 1.54) is 21.7 Å². The van der Waals surface area contributed by atoms with Crippen LogP contribution in [0.25, 0.3) is 0 Å². The molecule has 0 N–H and O–H groups in total. The third kappa shape index (κ3) is 2.55. The van der Waals surface area contributed by atoms with Crippen molar-refractivity contribution in [3.05, 3.63) is 29.8 Å². The second kappa shape index (κ2) is 4.30. The molecule has 0 aromatic heterocycles. The standard InChI is InChI=1S/C8H10IP/c9-5-4-7-2-1-3-8(10)6-7/h1-3,6H,4-5,10H2. The van der Waals surface area contributed by atoms with Crippen molar-refractivity contribution in [2.45, 2.75) is 6.42 Å². The lowest BCUT2D eigenvalue weighted by molar-refractivity contribution is 1.19. The molecule has 54 valence electrons. The molecule has 1 aromatic rings. The van der Waals surface area contributed by atoms with Gasteiger partial charge in [-0.15, -0.1) is 9.24 Å². The van der Waals surface area contributed by atoms with Crippen LogP contribution in [0.2, 0.25) is 0 Å². The molecule has 0 fully saturated rings. The first-order valence-corrected chi connectivity index (χ1v) is 5.33. The van der Waals surface area contributed by atoms with Crippen molar-refractivity contribution in [2.24, 2.45) is 0 Å². The van der Waals surface area contributed by atoms with Gasteiger partial charge < -0.3 is 0 Å². The summed E-state index contributed by atoms with van der Waals surface area (Å²) in [5.74, 6) is 0. The molecule has 1 rings (SSSR count). The van der Waals surface area contributed by atoms with Gasteiger partial charge in [-0.3, -0.25) is 0 Å². The minimum atomic E-state index is 1.18. The summed E-state index contributed by atoms with van der Waals surface area (Å²) >= 11 is 2.40. The van der Waals surface area contributed by atoms with Crippen LogP contribution in [-0.2, 0) is 6.42 Å². The molecular formula is C8H10IP. The summed E-state index contributed by atoms with van der Waals surface area (Å²) in [4.78, 5) is 0. The number of halogens is 1. The van der Waals surface area contributed by atoms with E-state index in [0.29, 0.717) is 0 Å². The fraction of sp³-hybridized carbons (Fsp3) is 0.250. The van der Waals surface area contributed by atoms with Crippen LogP contribution in [0.5, 0.6) is 0 Å². The zero-order chi connectivity index (χ0) is 7.40. The van der Waals surface area contributed by atoms with E-state index < -0.39 is 0 Å². The van der Waals surface area contributed by atoms with E-state index in [-0.39, 0.29) is 0 Å². The van der Waals surface area contributed by atoms with Gasteiger partial charge in [0, 0.05) is 4.43 Å². The second-order valence-corrected chi connectivity index (χ2v) is 3.93. The van der Waals surface area contributed by atoms with Gasteiger partial charge in [0.15, 0.2) is 0 Å². The Balaban J connectivity index is 2.75. The van der Waals surface area contributed by atoms with Gasteiger partial charge in [0.05, 0.1) is 0 Å². The van der Waals surface area contributed by atoms with Crippen LogP contribution < -0.4 is 5.30 Å². The Hall–Kier alpha value is 0.380. The van der Waals surface area contributed by atoms with Gasteiger partial charge in [0.2, 0.25) is 0 Å². The van der Waals surface area contributed by atoms with Gasteiger partial charge in [0.1, 0.15) is 0 Å². The first kappa shape index (κ1) is 8.48. The number of hydrogen-bond donors (Lipinski definition) is 0. The molecule has 0 aliphatic heterocycles. The molecule has 2 heteroatoms. The monoisotopic (exact) mass is 264 g/mol. The zero-order valence-electron chi connectivity index (χ0n) is 5.68. The Kier molecular flexibility index (Phi) is 3.64. The maximum atomic E-state index is 2.71. The van der Waals surface area contributed by atoms with E-state index in [1.807, 2.05) is 0 Å². The molecule has 0 saturated heterocycles. The Morgan fingerprint density at radius 3 is 2.80 bits per heavy atom. The van der Waals surface area contributed by atoms with Crippen LogP contribution in [0.4, 0.5) is 0 Å². The molecule has 0 nitrogen and oxygen atoms in total. The summed E-state index contributed by atoms with van der Waals surface area (Å²) in [6, 6.07) is 8.58. The highest BCUT2D eigenvalue weighted by molar-refractivity contribution is 14.1. The van der Waals surface area contributed by atoms with Crippen molar-refractivity contribution < 1.29 is 0 Å². The van der Waals surface area contributed by atoms with Crippen molar-refractivity contribution in [3.8, 4) is 0 Å². The van der Waals surface area contributed by atoms with Crippen LogP contribution in [0.15, 0.2) is 24.3 Å². The summed E-state index contributed by atoms with van der Waals surface area (Å²) in [6.07, 6.45) is 1.18. The molecular weight excluding hydrogens is 254 g/mol. The lowest BCUT2D eigenvalue weighted by atomic mass is 10.2. The predicted octanol–water partition coefficient (Wildman–Crippen LogP) is 2.16. The fourth-order valence-corrected chi connectivity index (χ4v) is 1.81. The number of alkyl halides is 1. The minimum Gasteiger partial charge on any atom is -0.106 e. The summed E-state index contributed by atoms with van der Waals surface area (Å²) in [6.45, 7) is 0. The Morgan fingerprint density at radius 2 is 2.20 bits per heavy atom. The molecule has 0 saturated carbocycles. The quantitative estimate of drug-likeness (QED) is 0.436. The molecule has 0 heterocycles. The van der Waals surface area contributed by atoms with E-state index >= 15 is 0 Å². The zero-order valence-corrected chi connectivity index (χ0v) is 8.99. The second-order valence-electron chi connectivity index (χ2n) is 2.18. The first-order chi connectivity index (χ1) is 4.83. The summed E-state index contributed by atoms with van der Waals surface area (Å²) < 4.78 is 1.20. The summed E-state index contributed by atoms with van der Waals surface area (Å²) in [5.41, 5.74) is 1.43. The maximum absolute atomic E-state index is 2.71. The van der Waals surface area contributed by atoms with E-state index in [9.17, 15) is 0 Å². The smallest absolute Gasteiger partial charge is 0.00358 e. The van der Waals surface area contributed by atoms with E-state index in [1.54, 1.807) is 0 Å². The van der Waals surface area contributed by atoms with Crippen LogP contribution in [0.1, 0.15) is 5.56 Å². The van der Waals surface area contributed by atoms with E-state index in [2.05, 4.69) is 56.1 Å². The van der Waals surface area contributed by atoms with Crippen molar-refractivity contribution >= 4 is 37.1 Å². The molecule has 0 aliphatic carbocycles. The van der Waals surface area contributed by atoms with Gasteiger partial charge >= 0.3 is 0 Å². The average molecular weight is 264 g/mol. The topological polar surface area (TPSA) is 0 Å². The van der Waals surface area contributed by atoms with Crippen molar-refractivity contribution in [1.82, 2.24) is 0 Å². The van der Waals surface area contributed by atoms with Gasteiger partial charge in [0.25, 0.3) is 0 Å². The van der Waals surface area contributed by atoms with Crippen LogP contribution in [-0.4, -0.2) is 4.43 Å². The van der Waals surface area contributed by atoms with Gasteiger partial charge in [-0.25, -0.2) is 0 Å². The highest BCUT2D eigenvalue weighted by atomic mass is 127. The Morgan fingerprint density at radius 1 is 1.40 bits per heavy atom. The minimum absolute atomic E-state index is 1.18. The third-order valence-electron chi connectivity index (χ3n) is 1.33. The SMILES string of the molecule is Pc1cccc(CCI)c1. The molecule has 0 radical (unpaired) electrons. The number of benzene rings is 1. The summed E-state index contributed by atoms with van der Waals surface area (Å²) in [7, 11) is 2.71. The number of aryl methyl sites for hydroxylation is 1. The van der Waals surface area contributed by atoms with Gasteiger partial charge in [-0.05, 0) is 17.3 Å². The number of hydrogen-bond acceptors (Lipinski definition) is 0. The molecule has 0 aliphatic rings.